The number of hydrogen-bond acceptors (Lipinski definition) is 6. The van der Waals surface area contributed by atoms with Gasteiger partial charge in [0.1, 0.15) is 0 Å². The van der Waals surface area contributed by atoms with Gasteiger partial charge in [0.15, 0.2) is 10.9 Å². The van der Waals surface area contributed by atoms with E-state index in [4.69, 9.17) is 4.98 Å². The highest BCUT2D eigenvalue weighted by atomic mass is 32.2. The smallest absolute Gasteiger partial charge is 0.260 e. The first-order valence-electron chi connectivity index (χ1n) is 10.1. The fourth-order valence-corrected chi connectivity index (χ4v) is 4.91. The van der Waals surface area contributed by atoms with Gasteiger partial charge in [-0.3, -0.25) is 14.5 Å². The van der Waals surface area contributed by atoms with E-state index >= 15 is 0 Å². The first-order chi connectivity index (χ1) is 14.5. The van der Waals surface area contributed by atoms with Gasteiger partial charge in [-0.1, -0.05) is 43.4 Å². The van der Waals surface area contributed by atoms with Crippen LogP contribution in [0, 0.1) is 0 Å². The van der Waals surface area contributed by atoms with Gasteiger partial charge in [-0.05, 0) is 50.5 Å². The summed E-state index contributed by atoms with van der Waals surface area (Å²) in [4.78, 5) is 35.0. The zero-order chi connectivity index (χ0) is 21.7. The maximum Gasteiger partial charge on any atom is 0.260 e. The summed E-state index contributed by atoms with van der Waals surface area (Å²) in [7, 11) is 0. The predicted molar refractivity (Wildman–Crippen MR) is 127 cm³/mol. The van der Waals surface area contributed by atoms with Crippen molar-refractivity contribution in [3.05, 3.63) is 53.6 Å². The number of para-hydroxylation sites is 1. The summed E-state index contributed by atoms with van der Waals surface area (Å²) in [5.41, 5.74) is 2.10. The van der Waals surface area contributed by atoms with E-state index in [-0.39, 0.29) is 11.7 Å². The molecule has 1 heterocycles. The van der Waals surface area contributed by atoms with Crippen LogP contribution >= 0.6 is 23.1 Å². The van der Waals surface area contributed by atoms with Crippen LogP contribution in [0.2, 0.25) is 0 Å². The topological polar surface area (TPSA) is 53.5 Å². The number of carbonyl (C=O) groups is 2. The molecule has 0 fully saturated rings. The number of fused-ring (bicyclic) bond motifs is 1. The number of likely N-dealkylation sites (N-methyl/N-ethyl adjacent to an activating group) is 1. The summed E-state index contributed by atoms with van der Waals surface area (Å²) in [6.45, 7) is 8.97. The number of amides is 1. The van der Waals surface area contributed by atoms with Gasteiger partial charge >= 0.3 is 0 Å². The molecule has 30 heavy (non-hydrogen) atoms. The van der Waals surface area contributed by atoms with Gasteiger partial charge in [-0.2, -0.15) is 0 Å². The van der Waals surface area contributed by atoms with Crippen LogP contribution in [0.4, 0.5) is 5.13 Å². The van der Waals surface area contributed by atoms with Crippen LogP contribution in [-0.4, -0.2) is 54.0 Å². The van der Waals surface area contributed by atoms with Crippen molar-refractivity contribution in [2.24, 2.45) is 0 Å². The quantitative estimate of drug-likeness (QED) is 0.337. The highest BCUT2D eigenvalue weighted by Crippen LogP contribution is 2.34. The lowest BCUT2D eigenvalue weighted by Crippen LogP contribution is -2.38. The lowest BCUT2D eigenvalue weighted by Gasteiger charge is -2.24. The standard InChI is InChI=1S/C23H27N3O2S2/c1-5-25(6-2)14-15-26(22(28)18-12-10-17(11-13-18)16(3)27)23-24-21-19(29-4)8-7-9-20(21)30-23/h7-13H,5-6,14-15H2,1-4H3. The number of rotatable bonds is 9. The Bertz CT molecular complexity index is 1030. The molecule has 5 nitrogen and oxygen atoms in total. The number of aromatic nitrogens is 1. The van der Waals surface area contributed by atoms with Gasteiger partial charge in [-0.25, -0.2) is 4.98 Å². The van der Waals surface area contributed by atoms with Crippen molar-refractivity contribution >= 4 is 50.1 Å². The van der Waals surface area contributed by atoms with Crippen LogP contribution < -0.4 is 4.90 Å². The largest absolute Gasteiger partial charge is 0.302 e. The summed E-state index contributed by atoms with van der Waals surface area (Å²) < 4.78 is 1.07. The second-order valence-electron chi connectivity index (χ2n) is 6.92. The van der Waals surface area contributed by atoms with Crippen LogP contribution in [0.25, 0.3) is 10.2 Å². The van der Waals surface area contributed by atoms with E-state index in [1.165, 1.54) is 6.92 Å². The molecule has 0 spiro atoms. The third-order valence-electron chi connectivity index (χ3n) is 5.14. The molecule has 1 amide bonds. The van der Waals surface area contributed by atoms with Crippen LogP contribution in [0.5, 0.6) is 0 Å². The molecule has 0 aliphatic rings. The minimum Gasteiger partial charge on any atom is -0.302 e. The molecule has 3 aromatic rings. The summed E-state index contributed by atoms with van der Waals surface area (Å²) >= 11 is 3.20. The SMILES string of the molecule is CCN(CC)CCN(C(=O)c1ccc(C(C)=O)cc1)c1nc2c(SC)cccc2s1. The summed E-state index contributed by atoms with van der Waals surface area (Å²) in [5, 5.41) is 0.708. The summed E-state index contributed by atoms with van der Waals surface area (Å²) in [5.74, 6) is -0.106. The molecule has 0 N–H and O–H groups in total. The van der Waals surface area contributed by atoms with Crippen LogP contribution in [-0.2, 0) is 0 Å². The van der Waals surface area contributed by atoms with Crippen molar-refractivity contribution in [1.29, 1.82) is 0 Å². The minimum absolute atomic E-state index is 0.0110. The maximum absolute atomic E-state index is 13.4. The van der Waals surface area contributed by atoms with E-state index in [1.807, 2.05) is 18.4 Å². The fourth-order valence-electron chi connectivity index (χ4n) is 3.26. The van der Waals surface area contributed by atoms with Crippen molar-refractivity contribution in [2.75, 3.05) is 37.3 Å². The number of hydrogen-bond donors (Lipinski definition) is 0. The van der Waals surface area contributed by atoms with Crippen molar-refractivity contribution in [1.82, 2.24) is 9.88 Å². The van der Waals surface area contributed by atoms with E-state index in [0.717, 1.165) is 34.7 Å². The van der Waals surface area contributed by atoms with Gasteiger partial charge in [0.2, 0.25) is 0 Å². The lowest BCUT2D eigenvalue weighted by molar-refractivity contribution is 0.0980. The van der Waals surface area contributed by atoms with Gasteiger partial charge < -0.3 is 4.90 Å². The second-order valence-corrected chi connectivity index (χ2v) is 8.78. The minimum atomic E-state index is -0.0954. The van der Waals surface area contributed by atoms with Crippen LogP contribution in [0.3, 0.4) is 0 Å². The molecule has 0 saturated heterocycles. The Morgan fingerprint density at radius 1 is 1.00 bits per heavy atom. The number of nitrogens with zero attached hydrogens (tertiary/aromatic N) is 3. The van der Waals surface area contributed by atoms with Crippen molar-refractivity contribution < 1.29 is 9.59 Å². The molecule has 0 unspecified atom stereocenters. The molecule has 2 aromatic carbocycles. The van der Waals surface area contributed by atoms with Gasteiger partial charge in [0.25, 0.3) is 5.91 Å². The zero-order valence-electron chi connectivity index (χ0n) is 17.8. The zero-order valence-corrected chi connectivity index (χ0v) is 19.5. The molecule has 1 aromatic heterocycles. The molecule has 7 heteroatoms. The summed E-state index contributed by atoms with van der Waals surface area (Å²) in [6.07, 6.45) is 2.04. The number of thioether (sulfide) groups is 1. The molecule has 0 atom stereocenters. The molecule has 0 radical (unpaired) electrons. The molecule has 0 aliphatic carbocycles. The lowest BCUT2D eigenvalue weighted by atomic mass is 10.1. The number of benzene rings is 2. The summed E-state index contributed by atoms with van der Waals surface area (Å²) in [6, 6.07) is 13.0. The number of Topliss-reactive ketones (excluding diaryl/α,β-unsaturated/α-hetero) is 1. The van der Waals surface area contributed by atoms with E-state index in [9.17, 15) is 9.59 Å². The Balaban J connectivity index is 1.97. The van der Waals surface area contributed by atoms with Crippen LogP contribution in [0.1, 0.15) is 41.5 Å². The van der Waals surface area contributed by atoms with Crippen molar-refractivity contribution in [3.63, 3.8) is 0 Å². The Labute approximate surface area is 186 Å². The van der Waals surface area contributed by atoms with E-state index in [0.29, 0.717) is 22.8 Å². The van der Waals surface area contributed by atoms with Crippen molar-refractivity contribution in [2.45, 2.75) is 25.7 Å². The monoisotopic (exact) mass is 441 g/mol. The van der Waals surface area contributed by atoms with Crippen LogP contribution in [0.15, 0.2) is 47.4 Å². The van der Waals surface area contributed by atoms with Crippen molar-refractivity contribution in [3.8, 4) is 0 Å². The molecular weight excluding hydrogens is 414 g/mol. The average molecular weight is 442 g/mol. The third kappa shape index (κ3) is 4.91. The number of thiazole rings is 1. The first kappa shape index (κ1) is 22.5. The Morgan fingerprint density at radius 3 is 2.27 bits per heavy atom. The Morgan fingerprint density at radius 2 is 1.67 bits per heavy atom. The van der Waals surface area contributed by atoms with Gasteiger partial charge in [0, 0.05) is 29.1 Å². The first-order valence-corrected chi connectivity index (χ1v) is 12.1. The third-order valence-corrected chi connectivity index (χ3v) is 6.95. The predicted octanol–water partition coefficient (Wildman–Crippen LogP) is 5.21. The molecule has 158 valence electrons. The maximum atomic E-state index is 13.4. The highest BCUT2D eigenvalue weighted by Gasteiger charge is 2.22. The average Bonchev–Trinajstić information content (AvgIpc) is 3.20. The van der Waals surface area contributed by atoms with E-state index in [2.05, 4.69) is 24.8 Å². The number of anilines is 1. The molecule has 3 rings (SSSR count). The Hall–Kier alpha value is -2.22. The molecule has 0 bridgehead atoms. The van der Waals surface area contributed by atoms with E-state index in [1.54, 1.807) is 52.3 Å². The Kier molecular flexibility index (Phi) is 7.64. The normalized spacial score (nSPS) is 11.2. The number of carbonyl (C=O) groups excluding carboxylic acids is 2. The number of ketones is 1. The van der Waals surface area contributed by atoms with Gasteiger partial charge in [-0.15, -0.1) is 11.8 Å². The van der Waals surface area contributed by atoms with Gasteiger partial charge in [0.05, 0.1) is 10.2 Å². The molecular formula is C23H27N3O2S2. The second kappa shape index (κ2) is 10.2. The highest BCUT2D eigenvalue weighted by molar-refractivity contribution is 7.98. The fraction of sp³-hybridized carbons (Fsp3) is 0.348. The molecule has 0 aliphatic heterocycles. The van der Waals surface area contributed by atoms with E-state index < -0.39 is 0 Å². The molecule has 0 saturated carbocycles.